The van der Waals surface area contributed by atoms with Crippen LogP contribution in [0.5, 0.6) is 0 Å². The van der Waals surface area contributed by atoms with Gasteiger partial charge >= 0.3 is 0 Å². The first-order chi connectivity index (χ1) is 14.3. The van der Waals surface area contributed by atoms with Crippen molar-refractivity contribution >= 4 is 23.3 Å². The van der Waals surface area contributed by atoms with Crippen LogP contribution in [0.2, 0.25) is 0 Å². The number of likely N-dealkylation sites (N-methyl/N-ethyl adjacent to an activating group) is 2. The first kappa shape index (κ1) is 22.0. The number of anilines is 2. The van der Waals surface area contributed by atoms with E-state index in [-0.39, 0.29) is 0 Å². The van der Waals surface area contributed by atoms with Gasteiger partial charge in [0.15, 0.2) is 0 Å². The molecule has 30 heavy (non-hydrogen) atoms. The second-order valence-corrected chi connectivity index (χ2v) is 8.15. The molecule has 0 saturated carbocycles. The van der Waals surface area contributed by atoms with Crippen LogP contribution >= 0.6 is 0 Å². The van der Waals surface area contributed by atoms with Crippen molar-refractivity contribution < 1.29 is 0 Å². The molecule has 0 aliphatic carbocycles. The maximum Gasteiger partial charge on any atom is 0.135 e. The van der Waals surface area contributed by atoms with E-state index in [2.05, 4.69) is 81.7 Å². The van der Waals surface area contributed by atoms with Gasteiger partial charge < -0.3 is 9.80 Å². The molecule has 0 unspecified atom stereocenters. The maximum absolute atomic E-state index is 4.99. The average molecular weight is 406 g/mol. The van der Waals surface area contributed by atoms with Crippen molar-refractivity contribution in [1.29, 1.82) is 0 Å². The van der Waals surface area contributed by atoms with E-state index in [1.165, 1.54) is 27.8 Å². The summed E-state index contributed by atoms with van der Waals surface area (Å²) in [7, 11) is 4.25. The van der Waals surface area contributed by atoms with Gasteiger partial charge in [-0.15, -0.1) is 0 Å². The third kappa shape index (κ3) is 3.98. The third-order valence-electron chi connectivity index (χ3n) is 6.08. The van der Waals surface area contributed by atoms with Gasteiger partial charge in [-0.3, -0.25) is 0 Å². The molecule has 160 valence electrons. The number of hydrogen-bond donors (Lipinski definition) is 0. The smallest absolute Gasteiger partial charge is 0.135 e. The van der Waals surface area contributed by atoms with Crippen molar-refractivity contribution in [3.8, 4) is 0 Å². The summed E-state index contributed by atoms with van der Waals surface area (Å²) >= 11 is 0. The van der Waals surface area contributed by atoms with Crippen LogP contribution in [0.1, 0.15) is 60.2 Å². The lowest BCUT2D eigenvalue weighted by Crippen LogP contribution is -2.24. The molecule has 0 spiro atoms. The molecule has 0 atom stereocenters. The number of pyridine rings is 1. The summed E-state index contributed by atoms with van der Waals surface area (Å²) < 4.78 is 0. The summed E-state index contributed by atoms with van der Waals surface area (Å²) in [5, 5.41) is 0. The summed E-state index contributed by atoms with van der Waals surface area (Å²) in [6.45, 7) is 14.4. The zero-order chi connectivity index (χ0) is 22.0. The number of fused-ring (bicyclic) bond motifs is 1. The molecular weight excluding hydrogens is 370 g/mol. The van der Waals surface area contributed by atoms with Gasteiger partial charge in [0.25, 0.3) is 0 Å². The Hall–Kier alpha value is -2.69. The maximum atomic E-state index is 4.99. The van der Waals surface area contributed by atoms with Crippen LogP contribution in [-0.4, -0.2) is 42.1 Å². The molecule has 0 aromatic carbocycles. The molecule has 0 N–H and O–H groups in total. The van der Waals surface area contributed by atoms with Gasteiger partial charge in [-0.25, -0.2) is 15.0 Å². The Morgan fingerprint density at radius 3 is 2.50 bits per heavy atom. The van der Waals surface area contributed by atoms with Crippen molar-refractivity contribution in [2.45, 2.75) is 54.4 Å². The molecule has 5 nitrogen and oxygen atoms in total. The highest BCUT2D eigenvalue weighted by atomic mass is 15.2. The van der Waals surface area contributed by atoms with Crippen LogP contribution < -0.4 is 9.80 Å². The van der Waals surface area contributed by atoms with E-state index in [4.69, 9.17) is 9.97 Å². The SMILES string of the molecule is CC=Cc1c(C)c(C)nc(N(C)CC(=CC)c2nc(C)nc3c2CCN3C)c1CC. The Bertz CT molecular complexity index is 1000. The first-order valence-electron chi connectivity index (χ1n) is 10.9. The molecule has 0 bridgehead atoms. The summed E-state index contributed by atoms with van der Waals surface area (Å²) in [6.07, 6.45) is 8.47. The lowest BCUT2D eigenvalue weighted by atomic mass is 9.98. The second kappa shape index (κ2) is 8.99. The van der Waals surface area contributed by atoms with E-state index < -0.39 is 0 Å². The number of allylic oxidation sites excluding steroid dienone is 2. The van der Waals surface area contributed by atoms with E-state index in [0.29, 0.717) is 0 Å². The number of hydrogen-bond acceptors (Lipinski definition) is 5. The molecule has 0 radical (unpaired) electrons. The monoisotopic (exact) mass is 405 g/mol. The van der Waals surface area contributed by atoms with Gasteiger partial charge in [-0.05, 0) is 64.2 Å². The van der Waals surface area contributed by atoms with E-state index in [0.717, 1.165) is 54.8 Å². The average Bonchev–Trinajstić information content (AvgIpc) is 3.09. The highest BCUT2D eigenvalue weighted by Crippen LogP contribution is 2.33. The minimum Gasteiger partial charge on any atom is -0.359 e. The summed E-state index contributed by atoms with van der Waals surface area (Å²) in [6, 6.07) is 0. The summed E-state index contributed by atoms with van der Waals surface area (Å²) in [5.41, 5.74) is 8.54. The Labute approximate surface area is 181 Å². The first-order valence-corrected chi connectivity index (χ1v) is 10.9. The van der Waals surface area contributed by atoms with Crippen LogP contribution in [0.3, 0.4) is 0 Å². The van der Waals surface area contributed by atoms with Crippen molar-refractivity contribution in [1.82, 2.24) is 15.0 Å². The Morgan fingerprint density at radius 1 is 1.13 bits per heavy atom. The minimum atomic E-state index is 0.765. The summed E-state index contributed by atoms with van der Waals surface area (Å²) in [4.78, 5) is 19.0. The van der Waals surface area contributed by atoms with E-state index in [9.17, 15) is 0 Å². The van der Waals surface area contributed by atoms with Crippen LogP contribution in [-0.2, 0) is 12.8 Å². The second-order valence-electron chi connectivity index (χ2n) is 8.15. The fourth-order valence-corrected chi connectivity index (χ4v) is 4.32. The van der Waals surface area contributed by atoms with E-state index in [1.807, 2.05) is 6.92 Å². The minimum absolute atomic E-state index is 0.765. The van der Waals surface area contributed by atoms with Gasteiger partial charge in [0.2, 0.25) is 0 Å². The largest absolute Gasteiger partial charge is 0.359 e. The molecule has 2 aromatic heterocycles. The van der Waals surface area contributed by atoms with E-state index in [1.54, 1.807) is 0 Å². The van der Waals surface area contributed by atoms with Crippen LogP contribution in [0.4, 0.5) is 11.6 Å². The fourth-order valence-electron chi connectivity index (χ4n) is 4.32. The summed E-state index contributed by atoms with van der Waals surface area (Å²) in [5.74, 6) is 2.97. The van der Waals surface area contributed by atoms with Crippen LogP contribution in [0, 0.1) is 20.8 Å². The van der Waals surface area contributed by atoms with Crippen LogP contribution in [0.25, 0.3) is 11.6 Å². The van der Waals surface area contributed by atoms with Crippen LogP contribution in [0.15, 0.2) is 12.2 Å². The van der Waals surface area contributed by atoms with Gasteiger partial charge in [0, 0.05) is 44.0 Å². The normalized spacial score (nSPS) is 14.0. The highest BCUT2D eigenvalue weighted by molar-refractivity contribution is 5.75. The predicted octanol–water partition coefficient (Wildman–Crippen LogP) is 4.92. The van der Waals surface area contributed by atoms with Gasteiger partial charge in [0.1, 0.15) is 17.5 Å². The Morgan fingerprint density at radius 2 is 1.87 bits per heavy atom. The quantitative estimate of drug-likeness (QED) is 0.682. The molecule has 2 aromatic rings. The Balaban J connectivity index is 2.02. The fraction of sp³-hybridized carbons (Fsp3) is 0.480. The molecular formula is C25H35N5. The zero-order valence-corrected chi connectivity index (χ0v) is 19.8. The molecule has 1 aliphatic heterocycles. The Kier molecular flexibility index (Phi) is 6.59. The standard InChI is InChI=1S/C25H35N5/c1-9-12-21-16(4)17(5)26-24(20(21)11-3)30(8)15-19(10-2)23-22-13-14-29(7)25(22)28-18(6)27-23/h9-10,12H,11,13-15H2,1-8H3. The topological polar surface area (TPSA) is 45.2 Å². The van der Waals surface area contributed by atoms with Crippen molar-refractivity contribution in [2.24, 2.45) is 0 Å². The van der Waals surface area contributed by atoms with Gasteiger partial charge in [-0.2, -0.15) is 0 Å². The third-order valence-corrected chi connectivity index (χ3v) is 6.08. The lowest BCUT2D eigenvalue weighted by molar-refractivity contribution is 0.929. The lowest BCUT2D eigenvalue weighted by Gasteiger charge is -2.26. The molecule has 0 fully saturated rings. The molecule has 0 amide bonds. The van der Waals surface area contributed by atoms with Gasteiger partial charge in [0.05, 0.1) is 5.69 Å². The van der Waals surface area contributed by atoms with Crippen molar-refractivity contribution in [2.75, 3.05) is 37.0 Å². The molecule has 3 heterocycles. The van der Waals surface area contributed by atoms with Crippen molar-refractivity contribution in [3.63, 3.8) is 0 Å². The van der Waals surface area contributed by atoms with Gasteiger partial charge in [-0.1, -0.05) is 25.2 Å². The zero-order valence-electron chi connectivity index (χ0n) is 19.8. The molecule has 5 heteroatoms. The number of aromatic nitrogens is 3. The highest BCUT2D eigenvalue weighted by Gasteiger charge is 2.25. The van der Waals surface area contributed by atoms with E-state index >= 15 is 0 Å². The molecule has 1 aliphatic rings. The molecule has 3 rings (SSSR count). The predicted molar refractivity (Wildman–Crippen MR) is 128 cm³/mol. The van der Waals surface area contributed by atoms with Crippen molar-refractivity contribution in [3.05, 3.63) is 51.6 Å². The molecule has 0 saturated heterocycles. The number of aryl methyl sites for hydroxylation is 2. The number of nitrogens with zero attached hydrogens (tertiary/aromatic N) is 5. The number of rotatable bonds is 6.